The third-order valence-electron chi connectivity index (χ3n) is 4.80. The number of benzene rings is 2. The lowest BCUT2D eigenvalue weighted by atomic mass is 9.76. The van der Waals surface area contributed by atoms with Crippen LogP contribution in [0, 0.1) is 0 Å². The molecule has 0 spiro atoms. The Morgan fingerprint density at radius 3 is 2.40 bits per heavy atom. The maximum absolute atomic E-state index is 12.9. The standard InChI is InChI=1S/C19H18O6/c1-8-7-19(2,3)15-12(24-8)6-11(22)14-16(23)13-9(20)4-5-10(21)17(13)25-18(14)15/h4-6,8,20-22H,7H2,1-3H3. The largest absolute Gasteiger partial charge is 0.507 e. The van der Waals surface area contributed by atoms with Gasteiger partial charge in [-0.05, 0) is 25.5 Å². The van der Waals surface area contributed by atoms with E-state index in [2.05, 4.69) is 0 Å². The Morgan fingerprint density at radius 1 is 1.04 bits per heavy atom. The van der Waals surface area contributed by atoms with Crippen LogP contribution in [0.2, 0.25) is 0 Å². The van der Waals surface area contributed by atoms with Gasteiger partial charge < -0.3 is 24.5 Å². The minimum Gasteiger partial charge on any atom is -0.507 e. The van der Waals surface area contributed by atoms with Gasteiger partial charge in [0.1, 0.15) is 33.6 Å². The molecule has 3 aromatic rings. The highest BCUT2D eigenvalue weighted by Gasteiger charge is 2.37. The van der Waals surface area contributed by atoms with Gasteiger partial charge in [-0.1, -0.05) is 13.8 Å². The van der Waals surface area contributed by atoms with Crippen LogP contribution < -0.4 is 10.2 Å². The molecule has 1 unspecified atom stereocenters. The molecule has 3 N–H and O–H groups in total. The van der Waals surface area contributed by atoms with E-state index in [1.807, 2.05) is 20.8 Å². The molecule has 2 heterocycles. The van der Waals surface area contributed by atoms with Crippen LogP contribution >= 0.6 is 0 Å². The normalized spacial score (nSPS) is 18.9. The first kappa shape index (κ1) is 15.6. The first-order chi connectivity index (χ1) is 11.7. The average Bonchev–Trinajstić information content (AvgIpc) is 2.48. The molecular formula is C19H18O6. The summed E-state index contributed by atoms with van der Waals surface area (Å²) in [5, 5.41) is 30.3. The van der Waals surface area contributed by atoms with Crippen LogP contribution in [0.15, 0.2) is 27.4 Å². The van der Waals surface area contributed by atoms with E-state index in [0.29, 0.717) is 17.7 Å². The first-order valence-corrected chi connectivity index (χ1v) is 8.05. The highest BCUT2D eigenvalue weighted by Crippen LogP contribution is 2.48. The van der Waals surface area contributed by atoms with Crippen molar-refractivity contribution in [2.24, 2.45) is 0 Å². The number of phenols is 3. The van der Waals surface area contributed by atoms with Gasteiger partial charge in [0.15, 0.2) is 11.3 Å². The summed E-state index contributed by atoms with van der Waals surface area (Å²) in [7, 11) is 0. The Morgan fingerprint density at radius 2 is 1.68 bits per heavy atom. The second kappa shape index (κ2) is 4.81. The molecule has 1 aliphatic rings. The van der Waals surface area contributed by atoms with Crippen molar-refractivity contribution in [3.05, 3.63) is 34.0 Å². The molecule has 6 heteroatoms. The highest BCUT2D eigenvalue weighted by atomic mass is 16.5. The molecule has 2 aromatic carbocycles. The molecule has 1 aliphatic heterocycles. The molecule has 25 heavy (non-hydrogen) atoms. The summed E-state index contributed by atoms with van der Waals surface area (Å²) in [6, 6.07) is 3.88. The van der Waals surface area contributed by atoms with E-state index in [-0.39, 0.29) is 50.7 Å². The van der Waals surface area contributed by atoms with Gasteiger partial charge in [-0.3, -0.25) is 4.79 Å². The predicted octanol–water partition coefficient (Wildman–Crippen LogP) is 3.51. The zero-order valence-corrected chi connectivity index (χ0v) is 14.1. The molecule has 0 saturated carbocycles. The Hall–Kier alpha value is -2.89. The van der Waals surface area contributed by atoms with Gasteiger partial charge in [-0.2, -0.15) is 0 Å². The number of ether oxygens (including phenoxy) is 1. The smallest absolute Gasteiger partial charge is 0.208 e. The summed E-state index contributed by atoms with van der Waals surface area (Å²) in [6.07, 6.45) is 0.650. The van der Waals surface area contributed by atoms with Gasteiger partial charge in [-0.25, -0.2) is 0 Å². The van der Waals surface area contributed by atoms with Gasteiger partial charge in [0, 0.05) is 17.0 Å². The van der Waals surface area contributed by atoms with Gasteiger partial charge in [0.2, 0.25) is 5.43 Å². The van der Waals surface area contributed by atoms with Crippen LogP contribution in [0.3, 0.4) is 0 Å². The fourth-order valence-electron chi connectivity index (χ4n) is 3.87. The average molecular weight is 342 g/mol. The Kier molecular flexibility index (Phi) is 3.01. The summed E-state index contributed by atoms with van der Waals surface area (Å²) >= 11 is 0. The van der Waals surface area contributed by atoms with Gasteiger partial charge in [0.05, 0.1) is 6.10 Å². The lowest BCUT2D eigenvalue weighted by Gasteiger charge is -2.36. The van der Waals surface area contributed by atoms with Crippen molar-refractivity contribution in [3.8, 4) is 23.0 Å². The minimum absolute atomic E-state index is 0.0293. The summed E-state index contributed by atoms with van der Waals surface area (Å²) in [4.78, 5) is 12.9. The Labute approximate surface area is 142 Å². The van der Waals surface area contributed by atoms with Crippen LogP contribution in [0.4, 0.5) is 0 Å². The molecule has 1 atom stereocenters. The molecule has 1 aromatic heterocycles. The number of hydrogen-bond donors (Lipinski definition) is 3. The Bertz CT molecular complexity index is 1090. The summed E-state index contributed by atoms with van der Waals surface area (Å²) in [5.41, 5.74) is -0.237. The van der Waals surface area contributed by atoms with E-state index in [9.17, 15) is 20.1 Å². The molecular weight excluding hydrogens is 324 g/mol. The van der Waals surface area contributed by atoms with E-state index in [1.54, 1.807) is 0 Å². The number of rotatable bonds is 0. The van der Waals surface area contributed by atoms with Crippen molar-refractivity contribution < 1.29 is 24.5 Å². The topological polar surface area (TPSA) is 100 Å². The summed E-state index contributed by atoms with van der Waals surface area (Å²) < 4.78 is 11.7. The summed E-state index contributed by atoms with van der Waals surface area (Å²) in [5.74, 6) is -0.399. The van der Waals surface area contributed by atoms with Crippen molar-refractivity contribution in [1.82, 2.24) is 0 Å². The molecule has 0 amide bonds. The fourth-order valence-corrected chi connectivity index (χ4v) is 3.87. The van der Waals surface area contributed by atoms with E-state index >= 15 is 0 Å². The van der Waals surface area contributed by atoms with Gasteiger partial charge in [-0.15, -0.1) is 0 Å². The lowest BCUT2D eigenvalue weighted by molar-refractivity contribution is 0.150. The van der Waals surface area contributed by atoms with Crippen molar-refractivity contribution in [1.29, 1.82) is 0 Å². The fraction of sp³-hybridized carbons (Fsp3) is 0.316. The molecule has 0 aliphatic carbocycles. The van der Waals surface area contributed by atoms with Crippen molar-refractivity contribution in [3.63, 3.8) is 0 Å². The Balaban J connectivity index is 2.27. The van der Waals surface area contributed by atoms with Crippen LogP contribution in [0.1, 0.15) is 32.8 Å². The predicted molar refractivity (Wildman–Crippen MR) is 92.7 cm³/mol. The molecule has 0 bridgehead atoms. The van der Waals surface area contributed by atoms with E-state index in [0.717, 1.165) is 0 Å². The van der Waals surface area contributed by atoms with Gasteiger partial charge in [0.25, 0.3) is 0 Å². The van der Waals surface area contributed by atoms with Crippen LogP contribution in [0.25, 0.3) is 21.9 Å². The first-order valence-electron chi connectivity index (χ1n) is 8.05. The van der Waals surface area contributed by atoms with E-state index in [1.165, 1.54) is 18.2 Å². The number of hydrogen-bond acceptors (Lipinski definition) is 6. The number of fused-ring (bicyclic) bond motifs is 4. The van der Waals surface area contributed by atoms with Crippen LogP contribution in [0.5, 0.6) is 23.0 Å². The molecule has 0 fully saturated rings. The minimum atomic E-state index is -0.598. The third kappa shape index (κ3) is 2.06. The molecule has 130 valence electrons. The van der Waals surface area contributed by atoms with Gasteiger partial charge >= 0.3 is 0 Å². The van der Waals surface area contributed by atoms with E-state index in [4.69, 9.17) is 9.15 Å². The molecule has 6 nitrogen and oxygen atoms in total. The molecule has 0 saturated heterocycles. The van der Waals surface area contributed by atoms with E-state index < -0.39 is 5.43 Å². The molecule has 4 rings (SSSR count). The number of phenolic OH excluding ortho intramolecular Hbond substituents is 3. The van der Waals surface area contributed by atoms with Crippen LogP contribution in [-0.4, -0.2) is 21.4 Å². The highest BCUT2D eigenvalue weighted by molar-refractivity contribution is 6.00. The quantitative estimate of drug-likeness (QED) is 0.427. The second-order valence-electron chi connectivity index (χ2n) is 7.23. The third-order valence-corrected chi connectivity index (χ3v) is 4.80. The van der Waals surface area contributed by atoms with Crippen LogP contribution in [-0.2, 0) is 5.41 Å². The zero-order valence-electron chi connectivity index (χ0n) is 14.1. The van der Waals surface area contributed by atoms with Crippen molar-refractivity contribution in [2.75, 3.05) is 0 Å². The maximum Gasteiger partial charge on any atom is 0.208 e. The van der Waals surface area contributed by atoms with Crippen molar-refractivity contribution >= 4 is 21.9 Å². The molecule has 0 radical (unpaired) electrons. The second-order valence-corrected chi connectivity index (χ2v) is 7.23. The van der Waals surface area contributed by atoms with Crippen molar-refractivity contribution in [2.45, 2.75) is 38.7 Å². The SMILES string of the molecule is CC1CC(C)(C)c2c(cc(O)c3c(=O)c4c(O)ccc(O)c4oc23)O1. The summed E-state index contributed by atoms with van der Waals surface area (Å²) in [6.45, 7) is 5.95. The lowest BCUT2D eigenvalue weighted by Crippen LogP contribution is -2.32. The monoisotopic (exact) mass is 342 g/mol. The number of aromatic hydroxyl groups is 3. The maximum atomic E-state index is 12.9. The zero-order chi connectivity index (χ0) is 18.1.